The van der Waals surface area contributed by atoms with Crippen LogP contribution in [0.5, 0.6) is 0 Å². The first kappa shape index (κ1) is 14.3. The Balaban J connectivity index is 1.85. The van der Waals surface area contributed by atoms with Gasteiger partial charge in [-0.05, 0) is 17.7 Å². The van der Waals surface area contributed by atoms with Gasteiger partial charge in [-0.15, -0.1) is 6.42 Å². The van der Waals surface area contributed by atoms with Crippen LogP contribution in [-0.2, 0) is 11.2 Å². The standard InChI is InChI=1S/C16H17N5O/c1-2-12(21-6-5-18-9-15(21)22)7-11-3-4-13-14(8-11)19-10-20-16(13)17/h1,3-4,8,10,12,18H,5-7,9H2,(H2,17,19,20). The fraction of sp³-hybridized carbons (Fsp3) is 0.312. The quantitative estimate of drug-likeness (QED) is 0.790. The summed E-state index contributed by atoms with van der Waals surface area (Å²) in [6.45, 7) is 1.75. The zero-order valence-corrected chi connectivity index (χ0v) is 12.1. The van der Waals surface area contributed by atoms with E-state index in [1.807, 2.05) is 18.2 Å². The highest BCUT2D eigenvalue weighted by Crippen LogP contribution is 2.19. The first-order valence-electron chi connectivity index (χ1n) is 7.14. The van der Waals surface area contributed by atoms with Crippen molar-refractivity contribution in [3.8, 4) is 12.3 Å². The minimum absolute atomic E-state index is 0.0431. The van der Waals surface area contributed by atoms with E-state index in [0.29, 0.717) is 25.3 Å². The number of carbonyl (C=O) groups is 1. The van der Waals surface area contributed by atoms with Gasteiger partial charge in [0.25, 0.3) is 0 Å². The number of rotatable bonds is 3. The predicted octanol–water partition coefficient (Wildman–Crippen LogP) is 0.188. The summed E-state index contributed by atoms with van der Waals surface area (Å²) >= 11 is 0. The smallest absolute Gasteiger partial charge is 0.237 e. The summed E-state index contributed by atoms with van der Waals surface area (Å²) in [6, 6.07) is 5.56. The van der Waals surface area contributed by atoms with Crippen LogP contribution >= 0.6 is 0 Å². The van der Waals surface area contributed by atoms with Gasteiger partial charge in [0.05, 0.1) is 18.1 Å². The average molecular weight is 295 g/mol. The molecule has 3 rings (SSSR count). The van der Waals surface area contributed by atoms with Crippen molar-refractivity contribution in [2.24, 2.45) is 0 Å². The Morgan fingerprint density at radius 2 is 2.32 bits per heavy atom. The number of piperazine rings is 1. The highest BCUT2D eigenvalue weighted by molar-refractivity contribution is 5.88. The van der Waals surface area contributed by atoms with Crippen molar-refractivity contribution in [1.29, 1.82) is 0 Å². The number of nitrogen functional groups attached to an aromatic ring is 1. The summed E-state index contributed by atoms with van der Waals surface area (Å²) in [6.07, 6.45) is 7.68. The topological polar surface area (TPSA) is 84.1 Å². The van der Waals surface area contributed by atoms with Gasteiger partial charge < -0.3 is 16.0 Å². The zero-order valence-electron chi connectivity index (χ0n) is 12.1. The SMILES string of the molecule is C#CC(Cc1ccc2c(N)ncnc2c1)N1CCNCC1=O. The van der Waals surface area contributed by atoms with Gasteiger partial charge >= 0.3 is 0 Å². The van der Waals surface area contributed by atoms with Gasteiger partial charge in [0, 0.05) is 24.9 Å². The van der Waals surface area contributed by atoms with Crippen molar-refractivity contribution >= 4 is 22.6 Å². The number of benzene rings is 1. The molecule has 1 aliphatic rings. The van der Waals surface area contributed by atoms with Crippen molar-refractivity contribution in [2.45, 2.75) is 12.5 Å². The van der Waals surface area contributed by atoms with Crippen molar-refractivity contribution in [2.75, 3.05) is 25.4 Å². The number of terminal acetylenes is 1. The summed E-state index contributed by atoms with van der Waals surface area (Å²) in [5, 5.41) is 3.87. The molecule has 1 aliphatic heterocycles. The first-order chi connectivity index (χ1) is 10.7. The van der Waals surface area contributed by atoms with Crippen LogP contribution in [0, 0.1) is 12.3 Å². The van der Waals surface area contributed by atoms with Crippen LogP contribution in [0.2, 0.25) is 0 Å². The van der Waals surface area contributed by atoms with Gasteiger partial charge in [-0.1, -0.05) is 12.0 Å². The maximum atomic E-state index is 12.0. The number of carbonyl (C=O) groups excluding carboxylic acids is 1. The summed E-state index contributed by atoms with van der Waals surface area (Å²) in [7, 11) is 0. The summed E-state index contributed by atoms with van der Waals surface area (Å²) in [5.74, 6) is 3.23. The Morgan fingerprint density at radius 1 is 1.45 bits per heavy atom. The second-order valence-corrected chi connectivity index (χ2v) is 5.26. The third kappa shape index (κ3) is 2.71. The number of hydrogen-bond acceptors (Lipinski definition) is 5. The van der Waals surface area contributed by atoms with Crippen LogP contribution in [0.25, 0.3) is 10.9 Å². The van der Waals surface area contributed by atoms with Gasteiger partial charge in [-0.3, -0.25) is 4.79 Å². The van der Waals surface area contributed by atoms with Gasteiger partial charge in [-0.2, -0.15) is 0 Å². The van der Waals surface area contributed by atoms with Gasteiger partial charge in [0.1, 0.15) is 12.1 Å². The molecular weight excluding hydrogens is 278 g/mol. The molecule has 22 heavy (non-hydrogen) atoms. The fourth-order valence-corrected chi connectivity index (χ4v) is 2.68. The van der Waals surface area contributed by atoms with Crippen LogP contribution in [0.4, 0.5) is 5.82 Å². The van der Waals surface area contributed by atoms with Crippen LogP contribution in [0.15, 0.2) is 24.5 Å². The third-order valence-corrected chi connectivity index (χ3v) is 3.86. The monoisotopic (exact) mass is 295 g/mol. The Bertz CT molecular complexity index is 752. The maximum Gasteiger partial charge on any atom is 0.237 e. The third-order valence-electron chi connectivity index (χ3n) is 3.86. The average Bonchev–Trinajstić information content (AvgIpc) is 2.53. The van der Waals surface area contributed by atoms with E-state index in [1.54, 1.807) is 4.90 Å². The minimum atomic E-state index is -0.244. The van der Waals surface area contributed by atoms with Crippen LogP contribution in [-0.4, -0.2) is 46.5 Å². The van der Waals surface area contributed by atoms with Crippen molar-refractivity contribution < 1.29 is 4.79 Å². The number of hydrogen-bond donors (Lipinski definition) is 2. The normalized spacial score (nSPS) is 16.5. The number of amides is 1. The largest absolute Gasteiger partial charge is 0.383 e. The number of anilines is 1. The van der Waals surface area contributed by atoms with E-state index in [1.165, 1.54) is 6.33 Å². The lowest BCUT2D eigenvalue weighted by molar-refractivity contribution is -0.133. The van der Waals surface area contributed by atoms with Gasteiger partial charge in [0.15, 0.2) is 0 Å². The predicted molar refractivity (Wildman–Crippen MR) is 84.9 cm³/mol. The van der Waals surface area contributed by atoms with Crippen LogP contribution in [0.1, 0.15) is 5.56 Å². The van der Waals surface area contributed by atoms with Gasteiger partial charge in [0.2, 0.25) is 5.91 Å². The van der Waals surface area contributed by atoms with E-state index in [9.17, 15) is 4.79 Å². The molecule has 0 radical (unpaired) electrons. The summed E-state index contributed by atoms with van der Waals surface area (Å²) in [5.41, 5.74) is 7.64. The van der Waals surface area contributed by atoms with E-state index in [2.05, 4.69) is 21.2 Å². The first-order valence-corrected chi connectivity index (χ1v) is 7.14. The molecule has 0 saturated carbocycles. The van der Waals surface area contributed by atoms with Crippen molar-refractivity contribution in [1.82, 2.24) is 20.2 Å². The molecule has 112 valence electrons. The zero-order chi connectivity index (χ0) is 15.5. The minimum Gasteiger partial charge on any atom is -0.383 e. The van der Waals surface area contributed by atoms with Gasteiger partial charge in [-0.25, -0.2) is 9.97 Å². The van der Waals surface area contributed by atoms with E-state index < -0.39 is 0 Å². The number of fused-ring (bicyclic) bond motifs is 1. The molecule has 2 aromatic rings. The van der Waals surface area contributed by atoms with Crippen LogP contribution < -0.4 is 11.1 Å². The number of aromatic nitrogens is 2. The molecule has 2 heterocycles. The molecule has 1 amide bonds. The van der Waals surface area contributed by atoms with E-state index in [4.69, 9.17) is 12.2 Å². The molecular formula is C16H17N5O. The van der Waals surface area contributed by atoms with E-state index in [-0.39, 0.29) is 11.9 Å². The number of nitrogens with zero attached hydrogens (tertiary/aromatic N) is 3. The Hall–Kier alpha value is -2.65. The van der Waals surface area contributed by atoms with E-state index >= 15 is 0 Å². The van der Waals surface area contributed by atoms with Crippen LogP contribution in [0.3, 0.4) is 0 Å². The maximum absolute atomic E-state index is 12.0. The fourth-order valence-electron chi connectivity index (χ4n) is 2.68. The lowest BCUT2D eigenvalue weighted by Crippen LogP contribution is -2.52. The lowest BCUT2D eigenvalue weighted by atomic mass is 10.0. The Labute approximate surface area is 128 Å². The molecule has 1 aromatic carbocycles. The molecule has 6 nitrogen and oxygen atoms in total. The highest BCUT2D eigenvalue weighted by Gasteiger charge is 2.24. The Morgan fingerprint density at radius 3 is 3.09 bits per heavy atom. The van der Waals surface area contributed by atoms with Crippen molar-refractivity contribution in [3.63, 3.8) is 0 Å². The molecule has 0 aliphatic carbocycles. The molecule has 1 unspecified atom stereocenters. The molecule has 0 spiro atoms. The summed E-state index contributed by atoms with van der Waals surface area (Å²) < 4.78 is 0. The molecule has 1 saturated heterocycles. The second kappa shape index (κ2) is 6.00. The molecule has 0 bridgehead atoms. The number of nitrogens with two attached hydrogens (primary N) is 1. The summed E-state index contributed by atoms with van der Waals surface area (Å²) in [4.78, 5) is 21.9. The molecule has 1 atom stereocenters. The highest BCUT2D eigenvalue weighted by atomic mass is 16.2. The second-order valence-electron chi connectivity index (χ2n) is 5.26. The lowest BCUT2D eigenvalue weighted by Gasteiger charge is -2.32. The molecule has 3 N–H and O–H groups in total. The number of nitrogens with one attached hydrogen (secondary N) is 1. The Kier molecular flexibility index (Phi) is 3.90. The molecule has 6 heteroatoms. The molecule has 1 fully saturated rings. The molecule has 1 aromatic heterocycles. The van der Waals surface area contributed by atoms with E-state index in [0.717, 1.165) is 23.0 Å². The van der Waals surface area contributed by atoms with Crippen molar-refractivity contribution in [3.05, 3.63) is 30.1 Å².